The van der Waals surface area contributed by atoms with Crippen LogP contribution in [0.4, 0.5) is 4.79 Å². The molecule has 2 aromatic rings. The van der Waals surface area contributed by atoms with Gasteiger partial charge in [0.15, 0.2) is 0 Å². The molecular formula is C18H23N3O2. The van der Waals surface area contributed by atoms with E-state index in [9.17, 15) is 9.90 Å². The standard InChI is InChI=1S/C18H23N3O2/c1-14-12-19-10-8-15(14)9-11-20-17(22)21-13-18(2,23)16-6-4-3-5-7-16/h3-8,10,12,23H,9,11,13H2,1-2H3,(H2,20,21,22). The maximum absolute atomic E-state index is 11.9. The van der Waals surface area contributed by atoms with E-state index in [-0.39, 0.29) is 12.6 Å². The molecule has 0 saturated carbocycles. The summed E-state index contributed by atoms with van der Waals surface area (Å²) in [5.74, 6) is 0. The van der Waals surface area contributed by atoms with E-state index in [4.69, 9.17) is 0 Å². The van der Waals surface area contributed by atoms with Crippen molar-refractivity contribution in [2.24, 2.45) is 0 Å². The number of benzene rings is 1. The van der Waals surface area contributed by atoms with Crippen LogP contribution in [0.2, 0.25) is 0 Å². The van der Waals surface area contributed by atoms with Crippen LogP contribution in [0.3, 0.4) is 0 Å². The van der Waals surface area contributed by atoms with Crippen molar-refractivity contribution in [1.82, 2.24) is 15.6 Å². The Labute approximate surface area is 136 Å². The highest BCUT2D eigenvalue weighted by Crippen LogP contribution is 2.18. The van der Waals surface area contributed by atoms with Crippen LogP contribution in [0.25, 0.3) is 0 Å². The van der Waals surface area contributed by atoms with E-state index in [2.05, 4.69) is 15.6 Å². The van der Waals surface area contributed by atoms with E-state index >= 15 is 0 Å². The van der Waals surface area contributed by atoms with Gasteiger partial charge in [-0.05, 0) is 43.0 Å². The average molecular weight is 313 g/mol. The maximum Gasteiger partial charge on any atom is 0.314 e. The molecule has 0 bridgehead atoms. The summed E-state index contributed by atoms with van der Waals surface area (Å²) in [4.78, 5) is 15.9. The Bertz CT molecular complexity index is 642. The fourth-order valence-electron chi connectivity index (χ4n) is 2.31. The monoisotopic (exact) mass is 313 g/mol. The van der Waals surface area contributed by atoms with Gasteiger partial charge in [0.05, 0.1) is 6.54 Å². The number of aromatic nitrogens is 1. The van der Waals surface area contributed by atoms with Gasteiger partial charge >= 0.3 is 6.03 Å². The number of pyridine rings is 1. The zero-order valence-corrected chi connectivity index (χ0v) is 13.5. The molecule has 5 heteroatoms. The molecule has 1 aromatic carbocycles. The maximum atomic E-state index is 11.9. The summed E-state index contributed by atoms with van der Waals surface area (Å²) in [6.07, 6.45) is 4.31. The molecule has 0 aliphatic rings. The fraction of sp³-hybridized carbons (Fsp3) is 0.333. The normalized spacial score (nSPS) is 13.2. The highest BCUT2D eigenvalue weighted by Gasteiger charge is 2.23. The first-order valence-electron chi connectivity index (χ1n) is 7.68. The van der Waals surface area contributed by atoms with Gasteiger partial charge in [-0.3, -0.25) is 4.98 Å². The van der Waals surface area contributed by atoms with Gasteiger partial charge in [0, 0.05) is 18.9 Å². The second-order valence-corrected chi connectivity index (χ2v) is 5.80. The number of nitrogens with zero attached hydrogens (tertiary/aromatic N) is 1. The van der Waals surface area contributed by atoms with Crippen molar-refractivity contribution < 1.29 is 9.90 Å². The second-order valence-electron chi connectivity index (χ2n) is 5.80. The molecule has 3 N–H and O–H groups in total. The third-order valence-corrected chi connectivity index (χ3v) is 3.81. The molecule has 2 amide bonds. The Morgan fingerprint density at radius 1 is 1.22 bits per heavy atom. The van der Waals surface area contributed by atoms with E-state index in [1.807, 2.05) is 49.5 Å². The van der Waals surface area contributed by atoms with Crippen LogP contribution in [0.15, 0.2) is 48.8 Å². The lowest BCUT2D eigenvalue weighted by molar-refractivity contribution is 0.0594. The quantitative estimate of drug-likeness (QED) is 0.765. The van der Waals surface area contributed by atoms with Crippen LogP contribution in [0.1, 0.15) is 23.6 Å². The first kappa shape index (κ1) is 17.0. The van der Waals surface area contributed by atoms with Gasteiger partial charge in [-0.25, -0.2) is 4.79 Å². The Hall–Kier alpha value is -2.40. The molecule has 0 fully saturated rings. The number of aliphatic hydroxyl groups is 1. The average Bonchev–Trinajstić information content (AvgIpc) is 2.56. The molecule has 122 valence electrons. The smallest absolute Gasteiger partial charge is 0.314 e. The van der Waals surface area contributed by atoms with Gasteiger partial charge in [0.1, 0.15) is 5.60 Å². The van der Waals surface area contributed by atoms with Gasteiger partial charge in [-0.2, -0.15) is 0 Å². The molecule has 0 saturated heterocycles. The van der Waals surface area contributed by atoms with E-state index in [1.54, 1.807) is 13.1 Å². The van der Waals surface area contributed by atoms with Gasteiger partial charge < -0.3 is 15.7 Å². The minimum Gasteiger partial charge on any atom is -0.384 e. The molecule has 0 radical (unpaired) electrons. The molecule has 1 aromatic heterocycles. The lowest BCUT2D eigenvalue weighted by Gasteiger charge is -2.24. The van der Waals surface area contributed by atoms with E-state index in [1.165, 1.54) is 0 Å². The SMILES string of the molecule is Cc1cnccc1CCNC(=O)NCC(C)(O)c1ccccc1. The van der Waals surface area contributed by atoms with E-state index in [0.717, 1.165) is 23.1 Å². The first-order valence-corrected chi connectivity index (χ1v) is 7.68. The molecule has 1 unspecified atom stereocenters. The number of hydrogen-bond acceptors (Lipinski definition) is 3. The Morgan fingerprint density at radius 2 is 1.96 bits per heavy atom. The van der Waals surface area contributed by atoms with Crippen molar-refractivity contribution >= 4 is 6.03 Å². The van der Waals surface area contributed by atoms with Crippen LogP contribution in [0, 0.1) is 6.92 Å². The number of nitrogens with one attached hydrogen (secondary N) is 2. The largest absolute Gasteiger partial charge is 0.384 e. The third kappa shape index (κ3) is 5.07. The second kappa shape index (κ2) is 7.74. The Balaban J connectivity index is 1.76. The summed E-state index contributed by atoms with van der Waals surface area (Å²) in [6.45, 7) is 4.36. The molecule has 5 nitrogen and oxygen atoms in total. The van der Waals surface area contributed by atoms with Crippen LogP contribution < -0.4 is 10.6 Å². The number of hydrogen-bond donors (Lipinski definition) is 3. The Kier molecular flexibility index (Phi) is 5.71. The Morgan fingerprint density at radius 3 is 2.65 bits per heavy atom. The van der Waals surface area contributed by atoms with Crippen LogP contribution >= 0.6 is 0 Å². The van der Waals surface area contributed by atoms with Gasteiger partial charge in [0.25, 0.3) is 0 Å². The predicted molar refractivity (Wildman–Crippen MR) is 90.1 cm³/mol. The fourth-order valence-corrected chi connectivity index (χ4v) is 2.31. The number of rotatable bonds is 6. The topological polar surface area (TPSA) is 74.2 Å². The summed E-state index contributed by atoms with van der Waals surface area (Å²) in [5, 5.41) is 15.9. The number of amides is 2. The molecular weight excluding hydrogens is 290 g/mol. The molecule has 1 heterocycles. The van der Waals surface area contributed by atoms with Gasteiger partial charge in [0.2, 0.25) is 0 Å². The third-order valence-electron chi connectivity index (χ3n) is 3.81. The zero-order chi connectivity index (χ0) is 16.7. The molecule has 0 aliphatic heterocycles. The zero-order valence-electron chi connectivity index (χ0n) is 13.5. The van der Waals surface area contributed by atoms with Gasteiger partial charge in [-0.15, -0.1) is 0 Å². The minimum atomic E-state index is -1.10. The van der Waals surface area contributed by atoms with Crippen LogP contribution in [-0.2, 0) is 12.0 Å². The summed E-state index contributed by atoms with van der Waals surface area (Å²) in [6, 6.07) is 11.0. The lowest BCUT2D eigenvalue weighted by atomic mass is 9.96. The van der Waals surface area contributed by atoms with Crippen molar-refractivity contribution in [1.29, 1.82) is 0 Å². The summed E-state index contributed by atoms with van der Waals surface area (Å²) in [7, 11) is 0. The lowest BCUT2D eigenvalue weighted by Crippen LogP contribution is -2.44. The molecule has 2 rings (SSSR count). The summed E-state index contributed by atoms with van der Waals surface area (Å²) >= 11 is 0. The molecule has 0 spiro atoms. The molecule has 1 atom stereocenters. The highest BCUT2D eigenvalue weighted by molar-refractivity contribution is 5.73. The van der Waals surface area contributed by atoms with Crippen molar-refractivity contribution in [3.05, 3.63) is 65.5 Å². The number of carbonyl (C=O) groups is 1. The number of urea groups is 1. The molecule has 23 heavy (non-hydrogen) atoms. The number of carbonyl (C=O) groups excluding carboxylic acids is 1. The van der Waals surface area contributed by atoms with Crippen molar-refractivity contribution in [3.63, 3.8) is 0 Å². The number of aryl methyl sites for hydroxylation is 1. The first-order chi connectivity index (χ1) is 11.0. The molecule has 0 aliphatic carbocycles. The summed E-state index contributed by atoms with van der Waals surface area (Å²) < 4.78 is 0. The van der Waals surface area contributed by atoms with Crippen LogP contribution in [-0.4, -0.2) is 29.2 Å². The predicted octanol–water partition coefficient (Wildman–Crippen LogP) is 2.14. The van der Waals surface area contributed by atoms with E-state index in [0.29, 0.717) is 6.54 Å². The summed E-state index contributed by atoms with van der Waals surface area (Å²) in [5.41, 5.74) is 1.95. The van der Waals surface area contributed by atoms with E-state index < -0.39 is 5.60 Å². The van der Waals surface area contributed by atoms with Crippen molar-refractivity contribution in [2.45, 2.75) is 25.9 Å². The highest BCUT2D eigenvalue weighted by atomic mass is 16.3. The van der Waals surface area contributed by atoms with Crippen molar-refractivity contribution in [3.8, 4) is 0 Å². The van der Waals surface area contributed by atoms with Gasteiger partial charge in [-0.1, -0.05) is 30.3 Å². The minimum absolute atomic E-state index is 0.150. The van der Waals surface area contributed by atoms with Crippen LogP contribution in [0.5, 0.6) is 0 Å². The van der Waals surface area contributed by atoms with Crippen molar-refractivity contribution in [2.75, 3.05) is 13.1 Å².